The summed E-state index contributed by atoms with van der Waals surface area (Å²) in [6, 6.07) is 0. The molecule has 34 heavy (non-hydrogen) atoms. The zero-order valence-corrected chi connectivity index (χ0v) is 22.2. The molecule has 202 valence electrons. The summed E-state index contributed by atoms with van der Waals surface area (Å²) in [6.45, 7) is 2.66. The number of phosphoric ester groups is 1. The molecule has 2 unspecified atom stereocenters. The highest BCUT2D eigenvalue weighted by molar-refractivity contribution is 7.47. The third kappa shape index (κ3) is 22.8. The smallest absolute Gasteiger partial charge is 0.462 e. The Bertz CT molecular complexity index is 561. The van der Waals surface area contributed by atoms with Crippen LogP contribution >= 0.6 is 7.82 Å². The van der Waals surface area contributed by atoms with Crippen LogP contribution in [0.15, 0.2) is 0 Å². The van der Waals surface area contributed by atoms with Crippen LogP contribution < -0.4 is 5.73 Å². The molecule has 9 nitrogen and oxygen atoms in total. The van der Waals surface area contributed by atoms with Crippen molar-refractivity contribution in [2.45, 2.75) is 116 Å². The van der Waals surface area contributed by atoms with E-state index in [1.165, 1.54) is 77.6 Å². The predicted octanol–water partition coefficient (Wildman–Crippen LogP) is 5.43. The zero-order valence-electron chi connectivity index (χ0n) is 21.3. The average Bonchev–Trinajstić information content (AvgIpc) is 2.79. The van der Waals surface area contributed by atoms with Crippen molar-refractivity contribution in [3.8, 4) is 0 Å². The van der Waals surface area contributed by atoms with Crippen molar-refractivity contribution in [2.75, 3.05) is 26.4 Å². The first kappa shape index (κ1) is 33.0. The van der Waals surface area contributed by atoms with Crippen molar-refractivity contribution in [2.24, 2.45) is 5.73 Å². The lowest BCUT2D eigenvalue weighted by Crippen LogP contribution is -2.29. The molecule has 0 spiro atoms. The normalized spacial score (nSPS) is 13.9. The molecule has 0 aromatic rings. The molecule has 0 aromatic heterocycles. The van der Waals surface area contributed by atoms with Crippen molar-refractivity contribution < 1.29 is 37.6 Å². The SMILES string of the molecule is CCCCCCCCCCCCCCCCC(=O)OC(COC(C)=O)COP(=O)(O)OCCN. The summed E-state index contributed by atoms with van der Waals surface area (Å²) in [7, 11) is -4.32. The second kappa shape index (κ2) is 22.5. The number of carbonyl (C=O) groups excluding carboxylic acids is 2. The minimum absolute atomic E-state index is 0.0545. The van der Waals surface area contributed by atoms with Gasteiger partial charge in [0.25, 0.3) is 0 Å². The van der Waals surface area contributed by atoms with Crippen molar-refractivity contribution in [1.82, 2.24) is 0 Å². The van der Waals surface area contributed by atoms with Gasteiger partial charge in [0.1, 0.15) is 6.61 Å². The Morgan fingerprint density at radius 2 is 1.32 bits per heavy atom. The van der Waals surface area contributed by atoms with Gasteiger partial charge in [0.2, 0.25) is 0 Å². The van der Waals surface area contributed by atoms with Crippen LogP contribution in [0.1, 0.15) is 110 Å². The molecule has 0 rings (SSSR count). The van der Waals surface area contributed by atoms with Crippen molar-refractivity contribution in [1.29, 1.82) is 0 Å². The molecule has 0 aromatic carbocycles. The summed E-state index contributed by atoms with van der Waals surface area (Å²) in [4.78, 5) is 32.7. The highest BCUT2D eigenvalue weighted by Crippen LogP contribution is 2.43. The molecular weight excluding hydrogens is 461 g/mol. The molecule has 10 heteroatoms. The van der Waals surface area contributed by atoms with E-state index < -0.39 is 32.5 Å². The second-order valence-electron chi connectivity index (χ2n) is 8.65. The van der Waals surface area contributed by atoms with Gasteiger partial charge in [0.05, 0.1) is 13.2 Å². The van der Waals surface area contributed by atoms with E-state index in [0.717, 1.165) is 12.8 Å². The van der Waals surface area contributed by atoms with Crippen LogP contribution in [0.2, 0.25) is 0 Å². The fourth-order valence-electron chi connectivity index (χ4n) is 3.42. The van der Waals surface area contributed by atoms with Gasteiger partial charge in [0, 0.05) is 19.9 Å². The van der Waals surface area contributed by atoms with E-state index >= 15 is 0 Å². The molecular formula is C24H48NO8P. The number of rotatable bonds is 24. The van der Waals surface area contributed by atoms with Gasteiger partial charge < -0.3 is 20.1 Å². The molecule has 0 aliphatic rings. The standard InChI is InChI=1S/C24H48NO8P/c1-3-4-5-6-7-8-9-10-11-12-13-14-15-16-17-24(27)33-23(20-30-22(2)26)21-32-34(28,29)31-19-18-25/h23H,3-21,25H2,1-2H3,(H,28,29). The zero-order chi connectivity index (χ0) is 25.5. The van der Waals surface area contributed by atoms with Gasteiger partial charge in [-0.1, -0.05) is 90.4 Å². The van der Waals surface area contributed by atoms with E-state index in [-0.39, 0.29) is 26.2 Å². The fourth-order valence-corrected chi connectivity index (χ4v) is 4.18. The monoisotopic (exact) mass is 509 g/mol. The van der Waals surface area contributed by atoms with E-state index in [1.807, 2.05) is 0 Å². The average molecular weight is 510 g/mol. The van der Waals surface area contributed by atoms with Gasteiger partial charge in [-0.15, -0.1) is 0 Å². The van der Waals surface area contributed by atoms with Crippen molar-refractivity contribution in [3.05, 3.63) is 0 Å². The maximum atomic E-state index is 12.1. The minimum Gasteiger partial charge on any atom is -0.462 e. The summed E-state index contributed by atoms with van der Waals surface area (Å²) in [5, 5.41) is 0. The number of unbranched alkanes of at least 4 members (excludes halogenated alkanes) is 13. The first-order valence-electron chi connectivity index (χ1n) is 13.0. The summed E-state index contributed by atoms with van der Waals surface area (Å²) in [5.74, 6) is -1.02. The van der Waals surface area contributed by atoms with Crippen molar-refractivity contribution in [3.63, 3.8) is 0 Å². The van der Waals surface area contributed by atoms with Gasteiger partial charge in [-0.25, -0.2) is 4.57 Å². The molecule has 0 amide bonds. The molecule has 0 bridgehead atoms. The highest BCUT2D eigenvalue weighted by Gasteiger charge is 2.25. The summed E-state index contributed by atoms with van der Waals surface area (Å²) >= 11 is 0. The van der Waals surface area contributed by atoms with E-state index in [0.29, 0.717) is 6.42 Å². The first-order chi connectivity index (χ1) is 16.3. The van der Waals surface area contributed by atoms with E-state index in [9.17, 15) is 19.0 Å². The number of hydrogen-bond donors (Lipinski definition) is 2. The lowest BCUT2D eigenvalue weighted by Gasteiger charge is -2.19. The van der Waals surface area contributed by atoms with Crippen LogP contribution in [0.3, 0.4) is 0 Å². The third-order valence-corrected chi connectivity index (χ3v) is 6.29. The Hall–Kier alpha value is -0.990. The number of hydrogen-bond acceptors (Lipinski definition) is 8. The predicted molar refractivity (Wildman–Crippen MR) is 132 cm³/mol. The molecule has 0 aliphatic carbocycles. The van der Waals surface area contributed by atoms with Gasteiger partial charge in [-0.05, 0) is 6.42 Å². The van der Waals surface area contributed by atoms with Gasteiger partial charge >= 0.3 is 19.8 Å². The quantitative estimate of drug-likeness (QED) is 0.0992. The second-order valence-corrected chi connectivity index (χ2v) is 10.1. The number of nitrogens with two attached hydrogens (primary N) is 1. The van der Waals surface area contributed by atoms with E-state index in [2.05, 4.69) is 11.4 Å². The maximum Gasteiger partial charge on any atom is 0.472 e. The fraction of sp³-hybridized carbons (Fsp3) is 0.917. The van der Waals surface area contributed by atoms with Gasteiger partial charge in [0.15, 0.2) is 6.10 Å². The number of phosphoric acid groups is 1. The van der Waals surface area contributed by atoms with Gasteiger partial charge in [-0.2, -0.15) is 0 Å². The van der Waals surface area contributed by atoms with Crippen LogP contribution in [-0.2, 0) is 32.7 Å². The van der Waals surface area contributed by atoms with Crippen molar-refractivity contribution >= 4 is 19.8 Å². The Balaban J connectivity index is 3.89. The molecule has 0 heterocycles. The third-order valence-electron chi connectivity index (χ3n) is 5.30. The Kier molecular flexibility index (Phi) is 21.8. The van der Waals surface area contributed by atoms with E-state index in [4.69, 9.17) is 19.7 Å². The van der Waals surface area contributed by atoms with E-state index in [1.54, 1.807) is 0 Å². The lowest BCUT2D eigenvalue weighted by molar-refractivity contribution is -0.160. The molecule has 0 saturated heterocycles. The Morgan fingerprint density at radius 3 is 1.79 bits per heavy atom. The van der Waals surface area contributed by atoms with Crippen LogP contribution in [0.25, 0.3) is 0 Å². The maximum absolute atomic E-state index is 12.1. The number of carbonyl (C=O) groups is 2. The molecule has 2 atom stereocenters. The number of ether oxygens (including phenoxy) is 2. The van der Waals surface area contributed by atoms with Crippen LogP contribution in [0.4, 0.5) is 0 Å². The minimum atomic E-state index is -4.32. The number of esters is 2. The molecule has 0 fully saturated rings. The summed E-state index contributed by atoms with van der Waals surface area (Å²) < 4.78 is 31.3. The Labute approximate surface area is 206 Å². The summed E-state index contributed by atoms with van der Waals surface area (Å²) in [5.41, 5.74) is 5.23. The van der Waals surface area contributed by atoms with Gasteiger partial charge in [-0.3, -0.25) is 18.6 Å². The highest BCUT2D eigenvalue weighted by atomic mass is 31.2. The summed E-state index contributed by atoms with van der Waals surface area (Å²) in [6.07, 6.45) is 16.4. The molecule has 0 aliphatic heterocycles. The topological polar surface area (TPSA) is 134 Å². The van der Waals surface area contributed by atoms with Crippen LogP contribution in [0, 0.1) is 0 Å². The molecule has 3 N–H and O–H groups in total. The largest absolute Gasteiger partial charge is 0.472 e. The molecule has 0 saturated carbocycles. The van der Waals surface area contributed by atoms with Crippen LogP contribution in [-0.4, -0.2) is 49.3 Å². The lowest BCUT2D eigenvalue weighted by atomic mass is 10.0. The Morgan fingerprint density at radius 1 is 0.824 bits per heavy atom. The van der Waals surface area contributed by atoms with Crippen LogP contribution in [0.5, 0.6) is 0 Å². The molecule has 0 radical (unpaired) electrons. The first-order valence-corrected chi connectivity index (χ1v) is 14.4.